The molecule has 0 aliphatic heterocycles. The standard InChI is InChI=1S/C8H4Cl2N2O.ClH/c9-7-2-4-1-5(8(10)13)12-6(4)3-11-7;/h1-3,12H;1H. The minimum absolute atomic E-state index is 0. The second-order valence-electron chi connectivity index (χ2n) is 2.55. The van der Waals surface area contributed by atoms with Crippen LogP contribution in [0.2, 0.25) is 5.15 Å². The Balaban J connectivity index is 0.000000980. The van der Waals surface area contributed by atoms with Crippen molar-refractivity contribution in [2.24, 2.45) is 0 Å². The maximum atomic E-state index is 10.8. The third kappa shape index (κ3) is 2.00. The number of H-pyrrole nitrogens is 1. The smallest absolute Gasteiger partial charge is 0.268 e. The lowest BCUT2D eigenvalue weighted by Crippen LogP contribution is -1.86. The number of rotatable bonds is 1. The number of hydrogen-bond donors (Lipinski definition) is 1. The van der Waals surface area contributed by atoms with Crippen LogP contribution in [0.5, 0.6) is 0 Å². The Morgan fingerprint density at radius 1 is 1.43 bits per heavy atom. The summed E-state index contributed by atoms with van der Waals surface area (Å²) in [4.78, 5) is 17.5. The second kappa shape index (κ2) is 4.17. The molecule has 0 amide bonds. The fraction of sp³-hybridized carbons (Fsp3) is 0. The number of halogens is 3. The highest BCUT2D eigenvalue weighted by Gasteiger charge is 2.06. The molecule has 2 rings (SSSR count). The predicted octanol–water partition coefficient (Wildman–Crippen LogP) is 3.02. The van der Waals surface area contributed by atoms with Crippen LogP contribution in [0, 0.1) is 0 Å². The molecule has 0 bridgehead atoms. The van der Waals surface area contributed by atoms with Gasteiger partial charge in [0.2, 0.25) is 0 Å². The number of fused-ring (bicyclic) bond motifs is 1. The van der Waals surface area contributed by atoms with Gasteiger partial charge in [-0.15, -0.1) is 12.4 Å². The van der Waals surface area contributed by atoms with E-state index in [2.05, 4.69) is 9.97 Å². The van der Waals surface area contributed by atoms with Gasteiger partial charge in [-0.1, -0.05) is 11.6 Å². The van der Waals surface area contributed by atoms with Crippen molar-refractivity contribution >= 4 is 51.8 Å². The summed E-state index contributed by atoms with van der Waals surface area (Å²) in [7, 11) is 0. The molecule has 0 saturated heterocycles. The van der Waals surface area contributed by atoms with Gasteiger partial charge < -0.3 is 4.98 Å². The van der Waals surface area contributed by atoms with Gasteiger partial charge in [-0.25, -0.2) is 4.98 Å². The second-order valence-corrected chi connectivity index (χ2v) is 3.28. The van der Waals surface area contributed by atoms with Gasteiger partial charge in [-0.05, 0) is 23.7 Å². The van der Waals surface area contributed by atoms with Crippen LogP contribution in [0.1, 0.15) is 10.5 Å². The summed E-state index contributed by atoms with van der Waals surface area (Å²) in [6, 6.07) is 3.30. The molecule has 2 aromatic rings. The molecule has 14 heavy (non-hydrogen) atoms. The molecule has 0 aromatic carbocycles. The van der Waals surface area contributed by atoms with Crippen LogP contribution in [-0.4, -0.2) is 15.2 Å². The third-order valence-corrected chi connectivity index (χ3v) is 2.09. The van der Waals surface area contributed by atoms with E-state index >= 15 is 0 Å². The molecule has 2 aromatic heterocycles. The Kier molecular flexibility index (Phi) is 3.37. The number of carbonyl (C=O) groups excluding carboxylic acids is 1. The van der Waals surface area contributed by atoms with Gasteiger partial charge in [0, 0.05) is 5.39 Å². The van der Waals surface area contributed by atoms with Crippen LogP contribution in [0.15, 0.2) is 18.3 Å². The minimum Gasteiger partial charge on any atom is -0.350 e. The zero-order valence-electron chi connectivity index (χ0n) is 6.75. The number of pyridine rings is 1. The maximum absolute atomic E-state index is 10.8. The maximum Gasteiger partial charge on any atom is 0.268 e. The average molecular weight is 252 g/mol. The van der Waals surface area contributed by atoms with Gasteiger partial charge >= 0.3 is 0 Å². The van der Waals surface area contributed by atoms with Crippen LogP contribution < -0.4 is 0 Å². The van der Waals surface area contributed by atoms with E-state index in [1.807, 2.05) is 0 Å². The van der Waals surface area contributed by atoms with Gasteiger partial charge in [0.25, 0.3) is 5.24 Å². The molecule has 74 valence electrons. The van der Waals surface area contributed by atoms with Gasteiger partial charge in [-0.2, -0.15) is 0 Å². The lowest BCUT2D eigenvalue weighted by Gasteiger charge is -1.88. The summed E-state index contributed by atoms with van der Waals surface area (Å²) >= 11 is 11.0. The first kappa shape index (κ1) is 11.3. The molecular formula is C8H5Cl3N2O. The Bertz CT molecular complexity index is 480. The van der Waals surface area contributed by atoms with E-state index in [-0.39, 0.29) is 12.4 Å². The Hall–Kier alpha value is -0.770. The molecular weight excluding hydrogens is 246 g/mol. The number of nitrogens with zero attached hydrogens (tertiary/aromatic N) is 1. The molecule has 3 nitrogen and oxygen atoms in total. The molecule has 0 aliphatic carbocycles. The van der Waals surface area contributed by atoms with Crippen LogP contribution in [0.4, 0.5) is 0 Å². The van der Waals surface area contributed by atoms with Crippen LogP contribution in [-0.2, 0) is 0 Å². The molecule has 0 saturated carbocycles. The Labute approximate surface area is 95.8 Å². The fourth-order valence-electron chi connectivity index (χ4n) is 1.11. The van der Waals surface area contributed by atoms with Gasteiger partial charge in [0.05, 0.1) is 17.4 Å². The quantitative estimate of drug-likeness (QED) is 0.625. The molecule has 2 heterocycles. The lowest BCUT2D eigenvalue weighted by molar-refractivity contribution is 0.107. The summed E-state index contributed by atoms with van der Waals surface area (Å²) in [5.74, 6) is 0. The monoisotopic (exact) mass is 250 g/mol. The van der Waals surface area contributed by atoms with E-state index < -0.39 is 5.24 Å². The largest absolute Gasteiger partial charge is 0.350 e. The number of carbonyl (C=O) groups is 1. The van der Waals surface area contributed by atoms with E-state index in [1.165, 1.54) is 0 Å². The fourth-order valence-corrected chi connectivity index (χ4v) is 1.38. The molecule has 0 atom stereocenters. The zero-order chi connectivity index (χ0) is 9.42. The summed E-state index contributed by atoms with van der Waals surface area (Å²) in [6.07, 6.45) is 1.56. The summed E-state index contributed by atoms with van der Waals surface area (Å²) in [6.45, 7) is 0. The molecule has 0 unspecified atom stereocenters. The van der Waals surface area contributed by atoms with Crippen molar-refractivity contribution in [1.82, 2.24) is 9.97 Å². The molecule has 6 heteroatoms. The zero-order valence-corrected chi connectivity index (χ0v) is 9.08. The number of hydrogen-bond acceptors (Lipinski definition) is 2. The van der Waals surface area contributed by atoms with Gasteiger partial charge in [0.15, 0.2) is 0 Å². The highest BCUT2D eigenvalue weighted by molar-refractivity contribution is 6.67. The highest BCUT2D eigenvalue weighted by atomic mass is 35.5. The van der Waals surface area contributed by atoms with Crippen LogP contribution >= 0.6 is 35.6 Å². The van der Waals surface area contributed by atoms with Crippen LogP contribution in [0.3, 0.4) is 0 Å². The first-order valence-corrected chi connectivity index (χ1v) is 4.26. The first-order chi connectivity index (χ1) is 6.16. The highest BCUT2D eigenvalue weighted by Crippen LogP contribution is 2.18. The summed E-state index contributed by atoms with van der Waals surface area (Å²) in [5.41, 5.74) is 1.09. The third-order valence-electron chi connectivity index (χ3n) is 1.68. The normalized spacial score (nSPS) is 9.86. The molecule has 0 spiro atoms. The van der Waals surface area contributed by atoms with E-state index in [0.29, 0.717) is 10.8 Å². The summed E-state index contributed by atoms with van der Waals surface area (Å²) in [5, 5.41) is 0.691. The van der Waals surface area contributed by atoms with E-state index in [1.54, 1.807) is 18.3 Å². The Morgan fingerprint density at radius 3 is 2.79 bits per heavy atom. The van der Waals surface area contributed by atoms with Gasteiger partial charge in [-0.3, -0.25) is 4.79 Å². The van der Waals surface area contributed by atoms with Crippen molar-refractivity contribution in [3.05, 3.63) is 29.2 Å². The lowest BCUT2D eigenvalue weighted by atomic mass is 10.3. The summed E-state index contributed by atoms with van der Waals surface area (Å²) < 4.78 is 0. The predicted molar refractivity (Wildman–Crippen MR) is 58.5 cm³/mol. The number of aromatic amines is 1. The molecule has 0 aliphatic rings. The van der Waals surface area contributed by atoms with Crippen molar-refractivity contribution in [3.63, 3.8) is 0 Å². The topological polar surface area (TPSA) is 45.8 Å². The SMILES string of the molecule is Cl.O=C(Cl)c1cc2cc(Cl)ncc2[nH]1. The average Bonchev–Trinajstić information content (AvgIpc) is 2.46. The van der Waals surface area contributed by atoms with E-state index in [4.69, 9.17) is 23.2 Å². The first-order valence-electron chi connectivity index (χ1n) is 3.51. The number of nitrogens with one attached hydrogen (secondary N) is 1. The minimum atomic E-state index is -0.521. The van der Waals surface area contributed by atoms with Crippen molar-refractivity contribution in [1.29, 1.82) is 0 Å². The number of aromatic nitrogens is 2. The van der Waals surface area contributed by atoms with Crippen LogP contribution in [0.25, 0.3) is 10.9 Å². The van der Waals surface area contributed by atoms with Crippen molar-refractivity contribution in [2.45, 2.75) is 0 Å². The molecule has 0 radical (unpaired) electrons. The van der Waals surface area contributed by atoms with Crippen molar-refractivity contribution in [2.75, 3.05) is 0 Å². The molecule has 1 N–H and O–H groups in total. The van der Waals surface area contributed by atoms with Crippen molar-refractivity contribution in [3.8, 4) is 0 Å². The molecule has 0 fully saturated rings. The Morgan fingerprint density at radius 2 is 2.14 bits per heavy atom. The van der Waals surface area contributed by atoms with E-state index in [0.717, 1.165) is 10.9 Å². The van der Waals surface area contributed by atoms with Crippen molar-refractivity contribution < 1.29 is 4.79 Å². The van der Waals surface area contributed by atoms with E-state index in [9.17, 15) is 4.79 Å². The van der Waals surface area contributed by atoms with Gasteiger partial charge in [0.1, 0.15) is 5.15 Å².